The van der Waals surface area contributed by atoms with Crippen LogP contribution in [-0.2, 0) is 4.74 Å². The standard InChI is InChI=1S/C24H30N4OS/c1-28(2)18-11-9-17(10-12-18)21(22-16-25-23-8-4-3-7-20(22)23)15-27-24(30)26-14-19-6-5-13-29-19/h3-4,7-12,16,19,21,25H,5-6,13-15H2,1-2H3,(H2,26,27,30)/t19-,21+/m0/s1. The number of thiocarbonyl (C=S) groups is 1. The third kappa shape index (κ3) is 4.77. The first-order valence-electron chi connectivity index (χ1n) is 10.6. The molecule has 3 aromatic rings. The molecule has 0 bridgehead atoms. The van der Waals surface area contributed by atoms with Gasteiger partial charge in [-0.3, -0.25) is 0 Å². The van der Waals surface area contributed by atoms with Crippen molar-refractivity contribution in [2.75, 3.05) is 38.7 Å². The summed E-state index contributed by atoms with van der Waals surface area (Å²) in [6, 6.07) is 17.2. The first-order chi connectivity index (χ1) is 14.6. The van der Waals surface area contributed by atoms with Crippen molar-refractivity contribution in [1.82, 2.24) is 15.6 Å². The molecule has 0 saturated carbocycles. The average Bonchev–Trinajstić information content (AvgIpc) is 3.43. The number of anilines is 1. The number of hydrogen-bond acceptors (Lipinski definition) is 3. The van der Waals surface area contributed by atoms with Gasteiger partial charge in [-0.1, -0.05) is 30.3 Å². The van der Waals surface area contributed by atoms with E-state index in [0.29, 0.717) is 5.11 Å². The summed E-state index contributed by atoms with van der Waals surface area (Å²) in [5, 5.41) is 8.68. The van der Waals surface area contributed by atoms with Gasteiger partial charge < -0.3 is 25.3 Å². The maximum absolute atomic E-state index is 5.68. The third-order valence-corrected chi connectivity index (χ3v) is 6.08. The van der Waals surface area contributed by atoms with Crippen LogP contribution in [0.1, 0.15) is 29.9 Å². The van der Waals surface area contributed by atoms with Crippen LogP contribution in [0.15, 0.2) is 54.7 Å². The molecule has 1 aliphatic heterocycles. The molecular weight excluding hydrogens is 392 g/mol. The van der Waals surface area contributed by atoms with Crippen molar-refractivity contribution in [3.8, 4) is 0 Å². The van der Waals surface area contributed by atoms with E-state index in [9.17, 15) is 0 Å². The van der Waals surface area contributed by atoms with Crippen LogP contribution in [0.2, 0.25) is 0 Å². The fourth-order valence-electron chi connectivity index (χ4n) is 4.06. The van der Waals surface area contributed by atoms with Crippen LogP contribution in [0.3, 0.4) is 0 Å². The molecule has 0 aliphatic carbocycles. The second kappa shape index (κ2) is 9.49. The lowest BCUT2D eigenvalue weighted by atomic mass is 9.90. The summed E-state index contributed by atoms with van der Waals surface area (Å²) in [7, 11) is 4.12. The molecule has 5 nitrogen and oxygen atoms in total. The summed E-state index contributed by atoms with van der Waals surface area (Å²) in [4.78, 5) is 5.53. The Kier molecular flexibility index (Phi) is 6.55. The number of hydrogen-bond donors (Lipinski definition) is 3. The first-order valence-corrected chi connectivity index (χ1v) is 11.0. The molecule has 1 aliphatic rings. The van der Waals surface area contributed by atoms with Crippen molar-refractivity contribution < 1.29 is 4.74 Å². The van der Waals surface area contributed by atoms with E-state index in [1.54, 1.807) is 0 Å². The predicted molar refractivity (Wildman–Crippen MR) is 128 cm³/mol. The molecule has 0 spiro atoms. The van der Waals surface area contributed by atoms with Crippen molar-refractivity contribution in [3.63, 3.8) is 0 Å². The number of ether oxygens (including phenoxy) is 1. The molecular formula is C24H30N4OS. The molecule has 0 amide bonds. The smallest absolute Gasteiger partial charge is 0.166 e. The van der Waals surface area contributed by atoms with E-state index in [4.69, 9.17) is 17.0 Å². The highest BCUT2D eigenvalue weighted by Gasteiger charge is 2.20. The SMILES string of the molecule is CN(C)c1ccc([C@@H](CNC(=S)NC[C@@H]2CCCO2)c2c[nH]c3ccccc23)cc1. The Morgan fingerprint density at radius 1 is 1.17 bits per heavy atom. The van der Waals surface area contributed by atoms with Crippen LogP contribution in [0.25, 0.3) is 10.9 Å². The van der Waals surface area contributed by atoms with E-state index in [1.807, 2.05) is 0 Å². The Morgan fingerprint density at radius 2 is 1.97 bits per heavy atom. The number of nitrogens with zero attached hydrogens (tertiary/aromatic N) is 1. The lowest BCUT2D eigenvalue weighted by Crippen LogP contribution is -2.41. The minimum absolute atomic E-state index is 0.180. The summed E-state index contributed by atoms with van der Waals surface area (Å²) in [5.41, 5.74) is 4.89. The van der Waals surface area contributed by atoms with Gasteiger partial charge in [0.05, 0.1) is 6.10 Å². The number of benzene rings is 2. The maximum Gasteiger partial charge on any atom is 0.166 e. The first kappa shape index (κ1) is 20.7. The summed E-state index contributed by atoms with van der Waals surface area (Å²) in [6.07, 6.45) is 4.64. The zero-order chi connectivity index (χ0) is 20.9. The quantitative estimate of drug-likeness (QED) is 0.503. The van der Waals surface area contributed by atoms with Gasteiger partial charge >= 0.3 is 0 Å². The van der Waals surface area contributed by atoms with E-state index in [2.05, 4.69) is 89.3 Å². The summed E-state index contributed by atoms with van der Waals surface area (Å²) in [5.74, 6) is 0.180. The zero-order valence-electron chi connectivity index (χ0n) is 17.7. The van der Waals surface area contributed by atoms with Crippen LogP contribution in [0.4, 0.5) is 5.69 Å². The molecule has 2 heterocycles. The largest absolute Gasteiger partial charge is 0.378 e. The Bertz CT molecular complexity index is 976. The van der Waals surface area contributed by atoms with Crippen molar-refractivity contribution in [2.45, 2.75) is 24.9 Å². The molecule has 2 aromatic carbocycles. The molecule has 158 valence electrons. The Morgan fingerprint density at radius 3 is 2.70 bits per heavy atom. The molecule has 6 heteroatoms. The number of fused-ring (bicyclic) bond motifs is 1. The van der Waals surface area contributed by atoms with Crippen LogP contribution < -0.4 is 15.5 Å². The molecule has 1 saturated heterocycles. The molecule has 0 radical (unpaired) electrons. The molecule has 0 unspecified atom stereocenters. The van der Waals surface area contributed by atoms with E-state index >= 15 is 0 Å². The molecule has 1 aromatic heterocycles. The number of nitrogens with one attached hydrogen (secondary N) is 3. The summed E-state index contributed by atoms with van der Waals surface area (Å²) < 4.78 is 5.68. The number of aromatic nitrogens is 1. The molecule has 1 fully saturated rings. The number of aromatic amines is 1. The molecule has 2 atom stereocenters. The minimum atomic E-state index is 0.180. The Balaban J connectivity index is 1.52. The molecule has 30 heavy (non-hydrogen) atoms. The number of rotatable bonds is 7. The molecule has 3 N–H and O–H groups in total. The van der Waals surface area contributed by atoms with Gasteiger partial charge in [0, 0.05) is 62.5 Å². The normalized spacial score (nSPS) is 17.1. The van der Waals surface area contributed by atoms with Gasteiger partial charge in [-0.2, -0.15) is 0 Å². The van der Waals surface area contributed by atoms with E-state index in [0.717, 1.165) is 38.1 Å². The van der Waals surface area contributed by atoms with Gasteiger partial charge in [0.2, 0.25) is 0 Å². The maximum atomic E-state index is 5.68. The van der Waals surface area contributed by atoms with Crippen LogP contribution >= 0.6 is 12.2 Å². The van der Waals surface area contributed by atoms with Gasteiger partial charge in [0.25, 0.3) is 0 Å². The highest BCUT2D eigenvalue weighted by molar-refractivity contribution is 7.80. The Labute approximate surface area is 183 Å². The van der Waals surface area contributed by atoms with Crippen molar-refractivity contribution in [3.05, 3.63) is 65.9 Å². The Hall–Kier alpha value is -2.57. The predicted octanol–water partition coefficient (Wildman–Crippen LogP) is 4.01. The highest BCUT2D eigenvalue weighted by atomic mass is 32.1. The van der Waals surface area contributed by atoms with Gasteiger partial charge in [0.1, 0.15) is 0 Å². The van der Waals surface area contributed by atoms with Crippen LogP contribution in [0.5, 0.6) is 0 Å². The van der Waals surface area contributed by atoms with Gasteiger partial charge in [-0.15, -0.1) is 0 Å². The second-order valence-corrected chi connectivity index (χ2v) is 8.46. The fourth-order valence-corrected chi connectivity index (χ4v) is 4.23. The van der Waals surface area contributed by atoms with Gasteiger partial charge in [0.15, 0.2) is 5.11 Å². The lowest BCUT2D eigenvalue weighted by Gasteiger charge is -2.21. The second-order valence-electron chi connectivity index (χ2n) is 8.05. The third-order valence-electron chi connectivity index (χ3n) is 5.79. The fraction of sp³-hybridized carbons (Fsp3) is 0.375. The van der Waals surface area contributed by atoms with E-state index in [1.165, 1.54) is 22.2 Å². The van der Waals surface area contributed by atoms with Crippen molar-refractivity contribution in [1.29, 1.82) is 0 Å². The average molecular weight is 423 g/mol. The van der Waals surface area contributed by atoms with Crippen LogP contribution in [0, 0.1) is 0 Å². The van der Waals surface area contributed by atoms with Crippen molar-refractivity contribution >= 4 is 33.9 Å². The summed E-state index contributed by atoms with van der Waals surface area (Å²) in [6.45, 7) is 2.35. The summed E-state index contributed by atoms with van der Waals surface area (Å²) >= 11 is 5.54. The van der Waals surface area contributed by atoms with E-state index in [-0.39, 0.29) is 12.0 Å². The lowest BCUT2D eigenvalue weighted by molar-refractivity contribution is 0.114. The van der Waals surface area contributed by atoms with Gasteiger partial charge in [-0.05, 0) is 54.4 Å². The molecule has 4 rings (SSSR count). The topological polar surface area (TPSA) is 52.3 Å². The zero-order valence-corrected chi connectivity index (χ0v) is 18.5. The van der Waals surface area contributed by atoms with Gasteiger partial charge in [-0.25, -0.2) is 0 Å². The minimum Gasteiger partial charge on any atom is -0.378 e. The number of H-pyrrole nitrogens is 1. The van der Waals surface area contributed by atoms with Crippen molar-refractivity contribution in [2.24, 2.45) is 0 Å². The number of para-hydroxylation sites is 1. The monoisotopic (exact) mass is 422 g/mol. The van der Waals surface area contributed by atoms with Crippen LogP contribution in [-0.4, -0.2) is 50.0 Å². The highest BCUT2D eigenvalue weighted by Crippen LogP contribution is 2.31. The van der Waals surface area contributed by atoms with E-state index < -0.39 is 0 Å².